The van der Waals surface area contributed by atoms with Crippen LogP contribution in [-0.4, -0.2) is 39.3 Å². The monoisotopic (exact) mass is 345 g/mol. The lowest BCUT2D eigenvalue weighted by atomic mass is 9.74. The highest BCUT2D eigenvalue weighted by Crippen LogP contribution is 2.36. The van der Waals surface area contributed by atoms with Crippen molar-refractivity contribution in [2.24, 2.45) is 5.92 Å². The van der Waals surface area contributed by atoms with E-state index in [0.29, 0.717) is 19.3 Å². The minimum atomic E-state index is -1.19. The van der Waals surface area contributed by atoms with Gasteiger partial charge in [-0.2, -0.15) is 4.98 Å². The Labute approximate surface area is 139 Å². The van der Waals surface area contributed by atoms with Gasteiger partial charge in [-0.15, -0.1) is 0 Å². The molecule has 1 aliphatic rings. The summed E-state index contributed by atoms with van der Waals surface area (Å²) in [6, 6.07) is -0.217. The topological polar surface area (TPSA) is 84.3 Å². The summed E-state index contributed by atoms with van der Waals surface area (Å²) in [5.41, 5.74) is -1.19. The van der Waals surface area contributed by atoms with Crippen LogP contribution in [0.15, 0.2) is 6.20 Å². The van der Waals surface area contributed by atoms with Crippen molar-refractivity contribution < 1.29 is 19.0 Å². The van der Waals surface area contributed by atoms with E-state index in [4.69, 9.17) is 16.3 Å². The maximum atomic E-state index is 13.7. The second-order valence-electron chi connectivity index (χ2n) is 5.85. The first kappa shape index (κ1) is 17.9. The molecule has 2 rings (SSSR count). The van der Waals surface area contributed by atoms with Crippen LogP contribution < -0.4 is 5.32 Å². The van der Waals surface area contributed by atoms with Crippen molar-refractivity contribution >= 4 is 23.4 Å². The molecule has 23 heavy (non-hydrogen) atoms. The summed E-state index contributed by atoms with van der Waals surface area (Å²) < 4.78 is 18.7. The van der Waals surface area contributed by atoms with E-state index in [0.717, 1.165) is 12.6 Å². The highest BCUT2D eigenvalue weighted by atomic mass is 35.5. The first-order valence-electron chi connectivity index (χ1n) is 7.69. The van der Waals surface area contributed by atoms with Crippen LogP contribution in [0.25, 0.3) is 0 Å². The van der Waals surface area contributed by atoms with E-state index in [1.807, 2.05) is 0 Å². The van der Waals surface area contributed by atoms with Gasteiger partial charge in [0.15, 0.2) is 11.6 Å². The highest BCUT2D eigenvalue weighted by molar-refractivity contribution is 6.28. The van der Waals surface area contributed by atoms with E-state index in [-0.39, 0.29) is 23.8 Å². The number of ether oxygens (including phenoxy) is 1. The summed E-state index contributed by atoms with van der Waals surface area (Å²) in [6.07, 6.45) is 3.23. The van der Waals surface area contributed by atoms with Crippen LogP contribution in [0.1, 0.15) is 39.5 Å². The predicted molar refractivity (Wildman–Crippen MR) is 83.6 cm³/mol. The largest absolute Gasteiger partial charge is 0.466 e. The molecule has 0 amide bonds. The average Bonchev–Trinajstić information content (AvgIpc) is 2.50. The van der Waals surface area contributed by atoms with Crippen molar-refractivity contribution in [1.82, 2.24) is 9.97 Å². The zero-order valence-electron chi connectivity index (χ0n) is 13.2. The third-order valence-electron chi connectivity index (χ3n) is 4.26. The number of halogens is 2. The summed E-state index contributed by atoms with van der Waals surface area (Å²) in [4.78, 5) is 19.3. The van der Waals surface area contributed by atoms with Crippen molar-refractivity contribution in [3.8, 4) is 0 Å². The number of nitrogens with one attached hydrogen (secondary N) is 1. The van der Waals surface area contributed by atoms with Gasteiger partial charge in [0.25, 0.3) is 0 Å². The molecule has 0 saturated heterocycles. The zero-order valence-corrected chi connectivity index (χ0v) is 13.9. The molecule has 0 aromatic carbocycles. The summed E-state index contributed by atoms with van der Waals surface area (Å²) >= 11 is 5.68. The molecule has 0 radical (unpaired) electrons. The molecule has 6 nitrogen and oxygen atoms in total. The number of esters is 1. The van der Waals surface area contributed by atoms with Crippen LogP contribution in [0.3, 0.4) is 0 Å². The van der Waals surface area contributed by atoms with Crippen LogP contribution >= 0.6 is 11.6 Å². The summed E-state index contributed by atoms with van der Waals surface area (Å²) in [6.45, 7) is 3.65. The van der Waals surface area contributed by atoms with Gasteiger partial charge in [-0.25, -0.2) is 9.37 Å². The molecule has 0 bridgehead atoms. The van der Waals surface area contributed by atoms with Gasteiger partial charge in [0.05, 0.1) is 24.3 Å². The molecule has 3 atom stereocenters. The van der Waals surface area contributed by atoms with E-state index in [1.54, 1.807) is 13.8 Å². The van der Waals surface area contributed by atoms with E-state index in [9.17, 15) is 14.3 Å². The van der Waals surface area contributed by atoms with E-state index >= 15 is 0 Å². The Hall–Kier alpha value is -1.47. The molecule has 1 fully saturated rings. The lowest BCUT2D eigenvalue weighted by Crippen LogP contribution is -2.48. The normalized spacial score (nSPS) is 25.7. The Morgan fingerprint density at radius 3 is 3.13 bits per heavy atom. The molecule has 1 aromatic rings. The third kappa shape index (κ3) is 4.29. The van der Waals surface area contributed by atoms with Gasteiger partial charge in [-0.3, -0.25) is 4.79 Å². The van der Waals surface area contributed by atoms with Crippen LogP contribution in [0.2, 0.25) is 5.28 Å². The number of hydrogen-bond acceptors (Lipinski definition) is 6. The van der Waals surface area contributed by atoms with E-state index in [1.165, 1.54) is 0 Å². The molecule has 8 heteroatoms. The molecule has 128 valence electrons. The van der Waals surface area contributed by atoms with Crippen molar-refractivity contribution in [3.05, 3.63) is 17.3 Å². The first-order chi connectivity index (χ1) is 10.9. The quantitative estimate of drug-likeness (QED) is 0.630. The maximum absolute atomic E-state index is 13.7. The number of carbonyl (C=O) groups is 1. The van der Waals surface area contributed by atoms with Crippen LogP contribution in [0, 0.1) is 11.7 Å². The molecule has 2 N–H and O–H groups in total. The molecule has 1 heterocycles. The van der Waals surface area contributed by atoms with Crippen molar-refractivity contribution in [1.29, 1.82) is 0 Å². The standard InChI is InChI=1S/C15H21ClFN3O3/c1-3-23-13(21)9(2)15(22)6-4-5-10(7-15)19-12-11(17)8-18-14(16)20-12/h8-10,22H,3-7H2,1-2H3,(H,18,19,20)/t9?,10-,15+/m0/s1. The second-order valence-corrected chi connectivity index (χ2v) is 6.19. The minimum absolute atomic E-state index is 0.00281. The number of aliphatic hydroxyl groups is 1. The number of hydrogen-bond donors (Lipinski definition) is 2. The number of nitrogens with zero attached hydrogens (tertiary/aromatic N) is 2. The van der Waals surface area contributed by atoms with Crippen LogP contribution in [0.5, 0.6) is 0 Å². The number of aromatic nitrogens is 2. The molecule has 0 spiro atoms. The molecule has 0 aliphatic heterocycles. The Kier molecular flexibility index (Phi) is 5.75. The number of rotatable bonds is 5. The molecule has 1 aromatic heterocycles. The SMILES string of the molecule is CCOC(=O)C(C)[C@@]1(O)CCC[C@H](Nc2nc(Cl)ncc2F)C1. The van der Waals surface area contributed by atoms with Crippen LogP contribution in [-0.2, 0) is 9.53 Å². The van der Waals surface area contributed by atoms with Gasteiger partial charge in [0, 0.05) is 6.04 Å². The smallest absolute Gasteiger partial charge is 0.311 e. The molecular weight excluding hydrogens is 325 g/mol. The lowest BCUT2D eigenvalue weighted by Gasteiger charge is -2.40. The van der Waals surface area contributed by atoms with Crippen molar-refractivity contribution in [2.45, 2.75) is 51.2 Å². The molecule has 1 aliphatic carbocycles. The predicted octanol–water partition coefficient (Wildman–Crippen LogP) is 2.55. The summed E-state index contributed by atoms with van der Waals surface area (Å²) in [7, 11) is 0. The van der Waals surface area contributed by atoms with Gasteiger partial charge >= 0.3 is 5.97 Å². The molecule has 1 unspecified atom stereocenters. The Bertz CT molecular complexity index is 575. The second kappa shape index (κ2) is 7.40. The maximum Gasteiger partial charge on any atom is 0.311 e. The fourth-order valence-corrected chi connectivity index (χ4v) is 3.06. The molecule has 1 saturated carbocycles. The average molecular weight is 346 g/mol. The Morgan fingerprint density at radius 1 is 1.70 bits per heavy atom. The third-order valence-corrected chi connectivity index (χ3v) is 4.45. The fourth-order valence-electron chi connectivity index (χ4n) is 2.93. The highest BCUT2D eigenvalue weighted by Gasteiger charge is 2.43. The number of anilines is 1. The Balaban J connectivity index is 2.08. The van der Waals surface area contributed by atoms with Gasteiger partial charge < -0.3 is 15.2 Å². The van der Waals surface area contributed by atoms with E-state index in [2.05, 4.69) is 15.3 Å². The zero-order chi connectivity index (χ0) is 17.0. The fraction of sp³-hybridized carbons (Fsp3) is 0.667. The first-order valence-corrected chi connectivity index (χ1v) is 8.07. The number of carbonyl (C=O) groups excluding carboxylic acids is 1. The van der Waals surface area contributed by atoms with Crippen molar-refractivity contribution in [2.75, 3.05) is 11.9 Å². The van der Waals surface area contributed by atoms with Gasteiger partial charge in [0.2, 0.25) is 5.28 Å². The van der Waals surface area contributed by atoms with E-state index < -0.39 is 23.3 Å². The van der Waals surface area contributed by atoms with Crippen molar-refractivity contribution in [3.63, 3.8) is 0 Å². The summed E-state index contributed by atoms with van der Waals surface area (Å²) in [5.74, 6) is -1.68. The lowest BCUT2D eigenvalue weighted by molar-refractivity contribution is -0.159. The van der Waals surface area contributed by atoms with Crippen LogP contribution in [0.4, 0.5) is 10.2 Å². The minimum Gasteiger partial charge on any atom is -0.466 e. The van der Waals surface area contributed by atoms with Gasteiger partial charge in [0.1, 0.15) is 0 Å². The van der Waals surface area contributed by atoms with Gasteiger partial charge in [-0.05, 0) is 51.1 Å². The van der Waals surface area contributed by atoms with Gasteiger partial charge in [-0.1, -0.05) is 0 Å². The Morgan fingerprint density at radius 2 is 2.43 bits per heavy atom. The molecular formula is C15H21ClFN3O3. The summed E-state index contributed by atoms with van der Waals surface area (Å²) in [5, 5.41) is 13.7.